The molecule has 2 aliphatic rings. The summed E-state index contributed by atoms with van der Waals surface area (Å²) in [7, 11) is 0.932. The molecule has 254 valence electrons. The maximum absolute atomic E-state index is 12.6. The zero-order chi connectivity index (χ0) is 35.0. The number of rotatable bonds is 10. The second-order valence-electron chi connectivity index (χ2n) is 14.2. The Kier molecular flexibility index (Phi) is 9.54. The topological polar surface area (TPSA) is 228 Å². The number of amides is 1. The Bertz CT molecular complexity index is 1270. The highest BCUT2D eigenvalue weighted by molar-refractivity contribution is 7.80. The summed E-state index contributed by atoms with van der Waals surface area (Å²) in [6.45, 7) is 14.6. The van der Waals surface area contributed by atoms with Gasteiger partial charge in [0.15, 0.2) is 5.60 Å². The number of hydrogen-bond donors (Lipinski definition) is 6. The van der Waals surface area contributed by atoms with Crippen LogP contribution in [-0.4, -0.2) is 123 Å². The van der Waals surface area contributed by atoms with Crippen LogP contribution >= 0.6 is 0 Å². The lowest BCUT2D eigenvalue weighted by atomic mass is 9.50. The fourth-order valence-corrected chi connectivity index (χ4v) is 7.37. The first kappa shape index (κ1) is 38.8. The molecule has 2 rings (SSSR count). The summed E-state index contributed by atoms with van der Waals surface area (Å²) in [6, 6.07) is 0. The van der Waals surface area contributed by atoms with E-state index in [1.54, 1.807) is 27.7 Å². The lowest BCUT2D eigenvalue weighted by Crippen LogP contribution is -2.86. The van der Waals surface area contributed by atoms with Crippen LogP contribution < -0.4 is 5.32 Å². The van der Waals surface area contributed by atoms with Gasteiger partial charge in [-0.25, -0.2) is 8.98 Å². The molecule has 0 saturated carbocycles. The monoisotopic (exact) mass is 653 g/mol. The average molecular weight is 654 g/mol. The molecule has 0 aromatic heterocycles. The molecular weight excluding hydrogens is 605 g/mol. The molecule has 2 aliphatic heterocycles. The van der Waals surface area contributed by atoms with E-state index in [1.165, 1.54) is 34.6 Å². The summed E-state index contributed by atoms with van der Waals surface area (Å²) in [5.41, 5.74) is -19.4. The summed E-state index contributed by atoms with van der Waals surface area (Å²) in [6.07, 6.45) is 0. The van der Waals surface area contributed by atoms with E-state index in [4.69, 9.17) is 31.1 Å². The van der Waals surface area contributed by atoms with E-state index < -0.39 is 97.9 Å². The maximum atomic E-state index is 12.6. The Balaban J connectivity index is 2.71. The second-order valence-corrected chi connectivity index (χ2v) is 15.3. The number of carboxylic acid groups (broad SMARTS) is 1. The van der Waals surface area contributed by atoms with Gasteiger partial charge in [-0.1, -0.05) is 6.92 Å². The van der Waals surface area contributed by atoms with Crippen molar-refractivity contribution in [2.75, 3.05) is 19.8 Å². The minimum atomic E-state index is -4.95. The van der Waals surface area contributed by atoms with Crippen LogP contribution in [0.4, 0.5) is 0 Å². The van der Waals surface area contributed by atoms with Crippen molar-refractivity contribution in [3.63, 3.8) is 0 Å². The van der Waals surface area contributed by atoms with Gasteiger partial charge in [-0.3, -0.25) is 9.35 Å². The molecule has 0 spiro atoms. The van der Waals surface area contributed by atoms with E-state index in [0.717, 1.165) is 20.8 Å². The Hall–Kier alpha value is -1.41. The molecule has 17 heteroatoms. The molecule has 2 radical (unpaired) electrons. The van der Waals surface area contributed by atoms with Crippen LogP contribution in [0.15, 0.2) is 0 Å². The number of carbonyl (C=O) groups excluding carboxylic acids is 1. The molecule has 0 aromatic rings. The first-order valence-corrected chi connectivity index (χ1v) is 15.3. The van der Waals surface area contributed by atoms with E-state index in [2.05, 4.69) is 5.32 Å². The number of carboxylic acids is 1. The molecule has 0 aromatic carbocycles. The van der Waals surface area contributed by atoms with Gasteiger partial charge in [0.25, 0.3) is 8.05 Å². The fourth-order valence-electron chi connectivity index (χ4n) is 6.99. The Morgan fingerprint density at radius 2 is 1.30 bits per heavy atom. The first-order valence-electron chi connectivity index (χ1n) is 13.9. The summed E-state index contributed by atoms with van der Waals surface area (Å²) in [5, 5.41) is 47.2. The van der Waals surface area contributed by atoms with Crippen molar-refractivity contribution in [1.82, 2.24) is 5.32 Å². The van der Waals surface area contributed by atoms with Gasteiger partial charge in [-0.15, -0.1) is 0 Å². The van der Waals surface area contributed by atoms with Crippen molar-refractivity contribution in [2.24, 2.45) is 5.41 Å². The van der Waals surface area contributed by atoms with Gasteiger partial charge in [-0.05, 0) is 69.2 Å². The summed E-state index contributed by atoms with van der Waals surface area (Å²) >= 11 is 0. The van der Waals surface area contributed by atoms with Crippen LogP contribution in [0.1, 0.15) is 83.1 Å². The zero-order valence-electron chi connectivity index (χ0n) is 27.5. The van der Waals surface area contributed by atoms with Gasteiger partial charge in [0.1, 0.15) is 34.6 Å². The minimum Gasteiger partial charge on any atom is -0.479 e. The minimum absolute atomic E-state index is 0.400. The van der Waals surface area contributed by atoms with E-state index in [-0.39, 0.29) is 0 Å². The van der Waals surface area contributed by atoms with Crippen LogP contribution in [0.2, 0.25) is 0 Å². The van der Waals surface area contributed by atoms with Gasteiger partial charge >= 0.3 is 16.4 Å². The van der Waals surface area contributed by atoms with Crippen molar-refractivity contribution in [2.45, 2.75) is 133 Å². The lowest BCUT2D eigenvalue weighted by molar-refractivity contribution is -0.398. The van der Waals surface area contributed by atoms with Gasteiger partial charge < -0.3 is 44.6 Å². The molecule has 0 aliphatic carbocycles. The molecule has 2 saturated heterocycles. The van der Waals surface area contributed by atoms with E-state index >= 15 is 0 Å². The Labute approximate surface area is 260 Å². The summed E-state index contributed by atoms with van der Waals surface area (Å²) in [5.74, 6) is -2.09. The van der Waals surface area contributed by atoms with Gasteiger partial charge in [0.05, 0.1) is 30.0 Å². The molecule has 44 heavy (non-hydrogen) atoms. The fraction of sp³-hybridized carbons (Fsp3) is 0.926. The molecule has 2 heterocycles. The largest absolute Gasteiger partial charge is 0.479 e. The van der Waals surface area contributed by atoms with Crippen molar-refractivity contribution in [3.05, 3.63) is 0 Å². The number of ether oxygens (including phenoxy) is 3. The smallest absolute Gasteiger partial charge is 0.397 e. The number of aliphatic hydroxyl groups is 3. The standard InChI is InChI=1S/C27H48BNO14S/c1-16(30)29-23(8)18(2,3)41-21(6,15-40-44(36,37)38)27(12,43-28)19(23,4)13-39-14-20(5)24(9,33)26(11,35)25(10,34)22(7,42-20)17(31)32/h33-35H,13-15H2,1-12H3,(H,29,30)(H,31,32)(H,36,37,38)/t19-,20?,21?,22?,23+,24+,25+,26-,27-/m0/s1. The van der Waals surface area contributed by atoms with Crippen LogP contribution in [0.5, 0.6) is 0 Å². The predicted molar refractivity (Wildman–Crippen MR) is 155 cm³/mol. The number of hydrogen-bond acceptors (Lipinski definition) is 12. The van der Waals surface area contributed by atoms with Crippen LogP contribution in [-0.2, 0) is 43.0 Å². The van der Waals surface area contributed by atoms with Crippen LogP contribution in [0, 0.1) is 5.41 Å². The van der Waals surface area contributed by atoms with Crippen LogP contribution in [0.25, 0.3) is 0 Å². The highest BCUT2D eigenvalue weighted by Crippen LogP contribution is 2.60. The molecule has 3 unspecified atom stereocenters. The maximum Gasteiger partial charge on any atom is 0.397 e. The normalized spacial score (nSPS) is 47.6. The molecule has 0 bridgehead atoms. The SMILES string of the molecule is [B]O[C@]1(C)C(C)(COS(=O)(=O)O)OC(C)(C)[C@@](C)(NC(C)=O)[C@]1(C)COCC1(C)OC(C)(C(=O)O)[C@@](C)(O)[C@@](C)(O)[C@]1(C)O. The van der Waals surface area contributed by atoms with Gasteiger partial charge in [0.2, 0.25) is 5.91 Å². The molecule has 1 amide bonds. The van der Waals surface area contributed by atoms with Crippen molar-refractivity contribution >= 4 is 30.3 Å². The predicted octanol–water partition coefficient (Wildman–Crippen LogP) is 0.0350. The average Bonchev–Trinajstić information content (AvgIpc) is 2.83. The third-order valence-electron chi connectivity index (χ3n) is 11.5. The number of carbonyl (C=O) groups is 2. The first-order chi connectivity index (χ1) is 19.2. The number of aliphatic carboxylic acids is 1. The van der Waals surface area contributed by atoms with Crippen molar-refractivity contribution in [1.29, 1.82) is 0 Å². The summed E-state index contributed by atoms with van der Waals surface area (Å²) in [4.78, 5) is 24.9. The quantitative estimate of drug-likeness (QED) is 0.135. The van der Waals surface area contributed by atoms with E-state index in [9.17, 15) is 43.0 Å². The second kappa shape index (κ2) is 10.8. The highest BCUT2D eigenvalue weighted by Gasteiger charge is 2.77. The molecular formula is C27H48BNO14S. The summed E-state index contributed by atoms with van der Waals surface area (Å²) < 4.78 is 61.2. The van der Waals surface area contributed by atoms with E-state index in [1.807, 2.05) is 0 Å². The Morgan fingerprint density at radius 3 is 1.70 bits per heavy atom. The Morgan fingerprint density at radius 1 is 0.795 bits per heavy atom. The molecule has 2 fully saturated rings. The third kappa shape index (κ3) is 5.11. The lowest BCUT2D eigenvalue weighted by Gasteiger charge is -2.70. The highest BCUT2D eigenvalue weighted by atomic mass is 32.3. The van der Waals surface area contributed by atoms with Gasteiger partial charge in [-0.2, -0.15) is 8.42 Å². The van der Waals surface area contributed by atoms with Crippen LogP contribution in [0.3, 0.4) is 0 Å². The third-order valence-corrected chi connectivity index (χ3v) is 11.9. The molecule has 9 atom stereocenters. The molecule has 15 nitrogen and oxygen atoms in total. The van der Waals surface area contributed by atoms with Crippen molar-refractivity contribution in [3.8, 4) is 0 Å². The van der Waals surface area contributed by atoms with E-state index in [0.29, 0.717) is 0 Å². The molecule has 6 N–H and O–H groups in total. The van der Waals surface area contributed by atoms with Crippen molar-refractivity contribution < 1.29 is 66.0 Å². The zero-order valence-corrected chi connectivity index (χ0v) is 28.3. The number of nitrogens with one attached hydrogen (secondary N) is 1. The van der Waals surface area contributed by atoms with Gasteiger partial charge in [0, 0.05) is 12.3 Å².